The van der Waals surface area contributed by atoms with Gasteiger partial charge in [-0.25, -0.2) is 9.97 Å². The van der Waals surface area contributed by atoms with Crippen LogP contribution < -0.4 is 5.32 Å². The van der Waals surface area contributed by atoms with Crippen LogP contribution in [-0.4, -0.2) is 17.0 Å². The summed E-state index contributed by atoms with van der Waals surface area (Å²) < 4.78 is 2.00. The van der Waals surface area contributed by atoms with Crippen LogP contribution in [0.1, 0.15) is 0 Å². The quantitative estimate of drug-likeness (QED) is 0.904. The van der Waals surface area contributed by atoms with Crippen molar-refractivity contribution in [1.82, 2.24) is 9.97 Å². The van der Waals surface area contributed by atoms with Crippen molar-refractivity contribution in [3.63, 3.8) is 0 Å². The van der Waals surface area contributed by atoms with Crippen LogP contribution in [0.15, 0.2) is 39.4 Å². The van der Waals surface area contributed by atoms with E-state index in [0.717, 1.165) is 20.3 Å². The molecule has 0 saturated heterocycles. The van der Waals surface area contributed by atoms with E-state index in [9.17, 15) is 0 Å². The number of anilines is 1. The first-order valence-electron chi connectivity index (χ1n) is 4.67. The fourth-order valence-electron chi connectivity index (χ4n) is 1.27. The summed E-state index contributed by atoms with van der Waals surface area (Å²) in [6, 6.07) is 7.76. The van der Waals surface area contributed by atoms with Gasteiger partial charge in [0.15, 0.2) is 5.82 Å². The van der Waals surface area contributed by atoms with Crippen molar-refractivity contribution < 1.29 is 0 Å². The minimum Gasteiger partial charge on any atom is -0.373 e. The maximum atomic E-state index is 4.37. The molecule has 0 atom stereocenters. The molecule has 16 heavy (non-hydrogen) atoms. The summed E-state index contributed by atoms with van der Waals surface area (Å²) >= 11 is 6.89. The van der Waals surface area contributed by atoms with E-state index < -0.39 is 0 Å². The Morgan fingerprint density at radius 1 is 1.12 bits per heavy atom. The van der Waals surface area contributed by atoms with Crippen molar-refractivity contribution in [1.29, 1.82) is 0 Å². The molecule has 0 aliphatic heterocycles. The van der Waals surface area contributed by atoms with Crippen LogP contribution in [0.2, 0.25) is 0 Å². The Hall–Kier alpha value is -0.940. The van der Waals surface area contributed by atoms with Gasteiger partial charge >= 0.3 is 0 Å². The van der Waals surface area contributed by atoms with Gasteiger partial charge in [-0.05, 0) is 56.1 Å². The monoisotopic (exact) mass is 341 g/mol. The molecule has 5 heteroatoms. The van der Waals surface area contributed by atoms with Crippen LogP contribution in [0.4, 0.5) is 5.82 Å². The number of nitrogens with zero attached hydrogens (tertiary/aromatic N) is 2. The summed E-state index contributed by atoms with van der Waals surface area (Å²) in [5.74, 6) is 1.52. The molecule has 1 heterocycles. The first-order valence-corrected chi connectivity index (χ1v) is 6.25. The van der Waals surface area contributed by atoms with Crippen LogP contribution >= 0.6 is 31.9 Å². The molecule has 0 fully saturated rings. The molecular weight excluding hydrogens is 334 g/mol. The third-order valence-corrected chi connectivity index (χ3v) is 3.97. The predicted molar refractivity (Wildman–Crippen MR) is 72.4 cm³/mol. The normalized spacial score (nSPS) is 10.2. The molecule has 0 radical (unpaired) electrons. The van der Waals surface area contributed by atoms with Gasteiger partial charge in [0, 0.05) is 27.8 Å². The Kier molecular flexibility index (Phi) is 3.56. The van der Waals surface area contributed by atoms with Crippen LogP contribution in [0, 0.1) is 0 Å². The summed E-state index contributed by atoms with van der Waals surface area (Å²) in [6.45, 7) is 0. The molecule has 0 unspecified atom stereocenters. The second kappa shape index (κ2) is 4.93. The molecule has 0 aliphatic rings. The number of hydrogen-bond donors (Lipinski definition) is 1. The number of nitrogens with one attached hydrogen (secondary N) is 1. The lowest BCUT2D eigenvalue weighted by molar-refractivity contribution is 1.17. The van der Waals surface area contributed by atoms with E-state index in [1.54, 1.807) is 6.20 Å². The SMILES string of the molecule is CNc1ccnc(-c2ccc(Br)c(Br)c2)n1. The fourth-order valence-corrected chi connectivity index (χ4v) is 1.90. The fraction of sp³-hybridized carbons (Fsp3) is 0.0909. The van der Waals surface area contributed by atoms with Gasteiger partial charge < -0.3 is 5.32 Å². The van der Waals surface area contributed by atoms with Crippen molar-refractivity contribution in [2.45, 2.75) is 0 Å². The highest BCUT2D eigenvalue weighted by Crippen LogP contribution is 2.27. The van der Waals surface area contributed by atoms with Gasteiger partial charge in [0.05, 0.1) is 0 Å². The summed E-state index contributed by atoms with van der Waals surface area (Å²) in [5, 5.41) is 2.99. The van der Waals surface area contributed by atoms with Crippen LogP contribution in [0.3, 0.4) is 0 Å². The molecule has 2 aromatic rings. The van der Waals surface area contributed by atoms with E-state index >= 15 is 0 Å². The summed E-state index contributed by atoms with van der Waals surface area (Å²) in [4.78, 5) is 8.62. The van der Waals surface area contributed by atoms with Crippen LogP contribution in [0.25, 0.3) is 11.4 Å². The number of aromatic nitrogens is 2. The summed E-state index contributed by atoms with van der Waals surface area (Å²) in [6.07, 6.45) is 1.74. The third kappa shape index (κ3) is 2.41. The Balaban J connectivity index is 2.46. The Bertz CT molecular complexity index is 514. The maximum absolute atomic E-state index is 4.37. The molecule has 1 aromatic carbocycles. The smallest absolute Gasteiger partial charge is 0.161 e. The van der Waals surface area contributed by atoms with Gasteiger partial charge in [0.2, 0.25) is 0 Å². The van der Waals surface area contributed by atoms with Gasteiger partial charge in [0.25, 0.3) is 0 Å². The Morgan fingerprint density at radius 3 is 2.62 bits per heavy atom. The molecule has 0 spiro atoms. The van der Waals surface area contributed by atoms with Crippen LogP contribution in [-0.2, 0) is 0 Å². The van der Waals surface area contributed by atoms with E-state index in [1.807, 2.05) is 31.3 Å². The molecule has 0 bridgehead atoms. The number of rotatable bonds is 2. The molecular formula is C11H9Br2N3. The predicted octanol–water partition coefficient (Wildman–Crippen LogP) is 3.71. The van der Waals surface area contributed by atoms with Crippen molar-refractivity contribution in [3.8, 4) is 11.4 Å². The van der Waals surface area contributed by atoms with Gasteiger partial charge in [-0.15, -0.1) is 0 Å². The van der Waals surface area contributed by atoms with Crippen molar-refractivity contribution in [3.05, 3.63) is 39.4 Å². The lowest BCUT2D eigenvalue weighted by Crippen LogP contribution is -1.95. The Morgan fingerprint density at radius 2 is 1.94 bits per heavy atom. The largest absolute Gasteiger partial charge is 0.373 e. The van der Waals surface area contributed by atoms with Crippen molar-refractivity contribution >= 4 is 37.7 Å². The van der Waals surface area contributed by atoms with E-state index in [4.69, 9.17) is 0 Å². The molecule has 82 valence electrons. The minimum atomic E-state index is 0.708. The highest BCUT2D eigenvalue weighted by atomic mass is 79.9. The third-order valence-electron chi connectivity index (χ3n) is 2.09. The van der Waals surface area contributed by atoms with Crippen molar-refractivity contribution in [2.24, 2.45) is 0 Å². The summed E-state index contributed by atoms with van der Waals surface area (Å²) in [7, 11) is 1.84. The zero-order valence-corrected chi connectivity index (χ0v) is 11.7. The summed E-state index contributed by atoms with van der Waals surface area (Å²) in [5.41, 5.74) is 0.979. The highest BCUT2D eigenvalue weighted by Gasteiger charge is 2.04. The average Bonchev–Trinajstić information content (AvgIpc) is 2.33. The second-order valence-electron chi connectivity index (χ2n) is 3.14. The first-order chi connectivity index (χ1) is 7.70. The van der Waals surface area contributed by atoms with Crippen LogP contribution in [0.5, 0.6) is 0 Å². The number of halogens is 2. The molecule has 0 aliphatic carbocycles. The lowest BCUT2D eigenvalue weighted by Gasteiger charge is -2.04. The highest BCUT2D eigenvalue weighted by molar-refractivity contribution is 9.13. The second-order valence-corrected chi connectivity index (χ2v) is 4.85. The first kappa shape index (κ1) is 11.5. The molecule has 0 saturated carbocycles. The van der Waals surface area contributed by atoms with Crippen molar-refractivity contribution in [2.75, 3.05) is 12.4 Å². The Labute approximate surface area is 111 Å². The average molecular weight is 343 g/mol. The number of benzene rings is 1. The van der Waals surface area contributed by atoms with E-state index in [1.165, 1.54) is 0 Å². The van der Waals surface area contributed by atoms with E-state index in [2.05, 4.69) is 47.1 Å². The molecule has 2 rings (SSSR count). The molecule has 0 amide bonds. The van der Waals surface area contributed by atoms with Gasteiger partial charge in [-0.1, -0.05) is 0 Å². The van der Waals surface area contributed by atoms with Gasteiger partial charge in [0.1, 0.15) is 5.82 Å². The van der Waals surface area contributed by atoms with E-state index in [-0.39, 0.29) is 0 Å². The topological polar surface area (TPSA) is 37.8 Å². The zero-order valence-electron chi connectivity index (χ0n) is 8.54. The van der Waals surface area contributed by atoms with Gasteiger partial charge in [-0.2, -0.15) is 0 Å². The maximum Gasteiger partial charge on any atom is 0.161 e. The molecule has 1 N–H and O–H groups in total. The zero-order chi connectivity index (χ0) is 11.5. The standard InChI is InChI=1S/C11H9Br2N3/c1-14-10-4-5-15-11(16-10)7-2-3-8(12)9(13)6-7/h2-6H,1H3,(H,14,15,16). The van der Waals surface area contributed by atoms with E-state index in [0.29, 0.717) is 5.82 Å². The minimum absolute atomic E-state index is 0.708. The molecule has 1 aromatic heterocycles. The van der Waals surface area contributed by atoms with Gasteiger partial charge in [-0.3, -0.25) is 0 Å². The lowest BCUT2D eigenvalue weighted by atomic mass is 10.2. The molecule has 3 nitrogen and oxygen atoms in total. The number of hydrogen-bond acceptors (Lipinski definition) is 3.